The molecule has 0 heterocycles. The van der Waals surface area contributed by atoms with E-state index in [0.717, 1.165) is 152 Å². The molecule has 7 aliphatic rings. The molecule has 0 aromatic carbocycles. The first-order chi connectivity index (χ1) is 46.5. The predicted molar refractivity (Wildman–Crippen MR) is 417 cm³/mol. The normalized spacial score (nSPS) is 26.9. The van der Waals surface area contributed by atoms with Crippen LogP contribution in [-0.4, -0.2) is 99.4 Å². The van der Waals surface area contributed by atoms with Gasteiger partial charge in [-0.15, -0.1) is 0 Å². The highest BCUT2D eigenvalue weighted by Gasteiger charge is 2.38. The van der Waals surface area contributed by atoms with Gasteiger partial charge in [0.05, 0.1) is 7.11 Å². The molecule has 0 radical (unpaired) electrons. The molecule has 582 valence electrons. The second kappa shape index (κ2) is 73.4. The number of likely N-dealkylation sites (N-methyl/N-ethyl adjacent to an activating group) is 1. The number of hydrogen-bond acceptors (Lipinski definition) is 9. The third-order valence-corrected chi connectivity index (χ3v) is 18.9. The fourth-order valence-electron chi connectivity index (χ4n) is 12.5. The smallest absolute Gasteiger partial charge is 0.251 e. The Morgan fingerprint density at radius 2 is 0.474 bits per heavy atom. The Bertz CT molecular complexity index is 1560. The van der Waals surface area contributed by atoms with Gasteiger partial charge in [0.1, 0.15) is 5.60 Å². The number of carbonyl (C=O) groups is 7. The first kappa shape index (κ1) is 107. The maximum atomic E-state index is 11.4. The van der Waals surface area contributed by atoms with Crippen molar-refractivity contribution in [1.29, 1.82) is 0 Å². The summed E-state index contributed by atoms with van der Waals surface area (Å²) in [5, 5.41) is 26.6. The third kappa shape index (κ3) is 54.6. The SMILES string of the molecule is CC.CC.CC.CC.CC.CC.CC.CCNC(=O)C1CCC(C)CC1.CCNC(=O)C1CCC(C)CC1.CCNC(=O)C1CCC(C)CC1.CCNC(=O)C1CCC(C)CC1.CNC(=O)C1(O)CCC(C)CC1.CNC(=O)C1CCC(C)CC1.CONC(=O)C1CCC(C)CC1. The molecule has 0 aromatic heterocycles. The van der Waals surface area contributed by atoms with Gasteiger partial charge in [-0.05, 0) is 249 Å². The van der Waals surface area contributed by atoms with E-state index in [0.29, 0.717) is 48.3 Å². The summed E-state index contributed by atoms with van der Waals surface area (Å²) in [6.45, 7) is 54.7. The van der Waals surface area contributed by atoms with E-state index in [1.54, 1.807) is 14.1 Å². The lowest BCUT2D eigenvalue weighted by atomic mass is 9.79. The van der Waals surface area contributed by atoms with Gasteiger partial charge in [-0.25, -0.2) is 5.48 Å². The summed E-state index contributed by atoms with van der Waals surface area (Å²) >= 11 is 0. The summed E-state index contributed by atoms with van der Waals surface area (Å²) in [7, 11) is 4.77. The zero-order chi connectivity index (χ0) is 76.3. The Hall–Kier alpha value is -3.79. The maximum absolute atomic E-state index is 11.4. The van der Waals surface area contributed by atoms with Crippen molar-refractivity contribution in [3.8, 4) is 0 Å². The van der Waals surface area contributed by atoms with Crippen LogP contribution in [0.4, 0.5) is 0 Å². The first-order valence-corrected chi connectivity index (χ1v) is 40.6. The molecular formula is C81H169N7O9. The molecule has 16 heteroatoms. The number of rotatable bonds is 12. The van der Waals surface area contributed by atoms with Crippen LogP contribution in [0.2, 0.25) is 0 Å². The van der Waals surface area contributed by atoms with E-state index in [1.165, 1.54) is 84.2 Å². The Balaban J connectivity index is -0.000000189. The van der Waals surface area contributed by atoms with Crippen LogP contribution < -0.4 is 37.4 Å². The number of hydroxylamine groups is 1. The highest BCUT2D eigenvalue weighted by atomic mass is 16.6. The van der Waals surface area contributed by atoms with Gasteiger partial charge in [0, 0.05) is 75.8 Å². The van der Waals surface area contributed by atoms with Gasteiger partial charge in [-0.2, -0.15) is 0 Å². The second-order valence-electron chi connectivity index (χ2n) is 26.4. The van der Waals surface area contributed by atoms with E-state index in [-0.39, 0.29) is 47.3 Å². The number of amides is 7. The van der Waals surface area contributed by atoms with Gasteiger partial charge in [-0.3, -0.25) is 38.4 Å². The zero-order valence-corrected chi connectivity index (χ0v) is 69.3. The van der Waals surface area contributed by atoms with Crippen LogP contribution in [0, 0.1) is 76.9 Å². The molecule has 0 aliphatic heterocycles. The van der Waals surface area contributed by atoms with Crippen molar-refractivity contribution in [3.63, 3.8) is 0 Å². The van der Waals surface area contributed by atoms with E-state index >= 15 is 0 Å². The Labute approximate surface area is 602 Å². The van der Waals surface area contributed by atoms with Gasteiger partial charge < -0.3 is 37.0 Å². The van der Waals surface area contributed by atoms with Crippen molar-refractivity contribution < 1.29 is 43.5 Å². The fraction of sp³-hybridized carbons (Fsp3) is 0.914. The van der Waals surface area contributed by atoms with E-state index < -0.39 is 5.60 Å². The van der Waals surface area contributed by atoms with Gasteiger partial charge in [0.2, 0.25) is 35.4 Å². The number of carbonyl (C=O) groups excluding carboxylic acids is 7. The van der Waals surface area contributed by atoms with Crippen LogP contribution in [0.1, 0.15) is 353 Å². The summed E-state index contributed by atoms with van der Waals surface area (Å²) in [5.41, 5.74) is 1.31. The van der Waals surface area contributed by atoms with Gasteiger partial charge >= 0.3 is 0 Å². The van der Waals surface area contributed by atoms with Crippen molar-refractivity contribution in [2.45, 2.75) is 358 Å². The minimum Gasteiger partial charge on any atom is -0.380 e. The van der Waals surface area contributed by atoms with Crippen LogP contribution in [0.15, 0.2) is 0 Å². The molecule has 7 amide bonds. The molecular weight excluding hydrogens is 1210 g/mol. The molecule has 0 spiro atoms. The fourth-order valence-corrected chi connectivity index (χ4v) is 12.5. The molecule has 0 saturated heterocycles. The van der Waals surface area contributed by atoms with Crippen molar-refractivity contribution >= 4 is 41.4 Å². The molecule has 7 aliphatic carbocycles. The molecule has 97 heavy (non-hydrogen) atoms. The quantitative estimate of drug-likeness (QED) is 0.0867. The van der Waals surface area contributed by atoms with Crippen LogP contribution >= 0.6 is 0 Å². The first-order valence-electron chi connectivity index (χ1n) is 40.6. The largest absolute Gasteiger partial charge is 0.380 e. The maximum Gasteiger partial charge on any atom is 0.251 e. The molecule has 16 nitrogen and oxygen atoms in total. The Morgan fingerprint density at radius 3 is 0.639 bits per heavy atom. The van der Waals surface area contributed by atoms with Crippen molar-refractivity contribution in [3.05, 3.63) is 0 Å². The molecule has 8 N–H and O–H groups in total. The molecule has 7 saturated carbocycles. The van der Waals surface area contributed by atoms with E-state index in [1.807, 2.05) is 125 Å². The van der Waals surface area contributed by atoms with Gasteiger partial charge in [-0.1, -0.05) is 145 Å². The highest BCUT2D eigenvalue weighted by Crippen LogP contribution is 2.34. The molecule has 0 atom stereocenters. The minimum absolute atomic E-state index is 0.0457. The van der Waals surface area contributed by atoms with Crippen LogP contribution in [-0.2, 0) is 38.4 Å². The van der Waals surface area contributed by atoms with Crippen LogP contribution in [0.25, 0.3) is 0 Å². The van der Waals surface area contributed by atoms with E-state index in [4.69, 9.17) is 0 Å². The standard InChI is InChI=1S/4C10H19NO.2C9H17NO2.C9H17NO.7C2H6/c4*1-3-11-10(12)9-6-4-8(2)5-7-9;1-7-3-5-9(12,6-4-7)8(11)10-2;1-7-3-5-8(6-4-7)9(11)10-12-2;1-7-3-5-8(6-4-7)9(11)10-2;7*1-2/h4*8-9H,3-7H2,1-2H3,(H,11,12);7,12H,3-6H2,1-2H3,(H,10,11);7-8H,3-6H2,1-2H3,(H,10,11);7-8H,3-6H2,1-2H3,(H,10,11);7*1-2H3. The number of aliphatic hydroxyl groups is 1. The summed E-state index contributed by atoms with van der Waals surface area (Å²) in [5.74, 6) is 8.42. The molecule has 7 fully saturated rings. The zero-order valence-electron chi connectivity index (χ0n) is 69.3. The van der Waals surface area contributed by atoms with Crippen LogP contribution in [0.3, 0.4) is 0 Å². The molecule has 0 aromatic rings. The minimum atomic E-state index is -1.08. The van der Waals surface area contributed by atoms with E-state index in [9.17, 15) is 38.7 Å². The van der Waals surface area contributed by atoms with E-state index in [2.05, 4.69) is 90.7 Å². The summed E-state index contributed by atoms with van der Waals surface area (Å²) in [6, 6.07) is 0. The molecule has 0 unspecified atom stereocenters. The monoisotopic (exact) mass is 1380 g/mol. The highest BCUT2D eigenvalue weighted by molar-refractivity contribution is 5.84. The predicted octanol–water partition coefficient (Wildman–Crippen LogP) is 18.7. The Morgan fingerprint density at radius 1 is 0.299 bits per heavy atom. The number of hydrogen-bond donors (Lipinski definition) is 8. The van der Waals surface area contributed by atoms with Crippen molar-refractivity contribution in [1.82, 2.24) is 37.4 Å². The summed E-state index contributed by atoms with van der Waals surface area (Å²) in [4.78, 5) is 83.8. The van der Waals surface area contributed by atoms with Crippen LogP contribution in [0.5, 0.6) is 0 Å². The topological polar surface area (TPSA) is 233 Å². The lowest BCUT2D eigenvalue weighted by Crippen LogP contribution is -2.47. The average molecular weight is 1390 g/mol. The Kier molecular flexibility index (Phi) is 80.7. The molecule has 0 bridgehead atoms. The summed E-state index contributed by atoms with van der Waals surface area (Å²) in [6.07, 6.45) is 30.6. The number of nitrogens with one attached hydrogen (secondary N) is 7. The second-order valence-corrected chi connectivity index (χ2v) is 26.4. The van der Waals surface area contributed by atoms with Crippen molar-refractivity contribution in [2.75, 3.05) is 47.4 Å². The summed E-state index contributed by atoms with van der Waals surface area (Å²) < 4.78 is 0. The third-order valence-electron chi connectivity index (χ3n) is 18.9. The average Bonchev–Trinajstić information content (AvgIpc) is 0.955. The van der Waals surface area contributed by atoms with Crippen molar-refractivity contribution in [2.24, 2.45) is 76.9 Å². The lowest BCUT2D eigenvalue weighted by molar-refractivity contribution is -0.143. The van der Waals surface area contributed by atoms with Gasteiger partial charge in [0.15, 0.2) is 0 Å². The molecule has 7 rings (SSSR count). The van der Waals surface area contributed by atoms with Gasteiger partial charge in [0.25, 0.3) is 5.91 Å². The lowest BCUT2D eigenvalue weighted by Gasteiger charge is -2.32.